The van der Waals surface area contributed by atoms with E-state index in [2.05, 4.69) is 71.0 Å². The van der Waals surface area contributed by atoms with Crippen LogP contribution in [0, 0.1) is 0 Å². The fourth-order valence-corrected chi connectivity index (χ4v) is 8.01. The van der Waals surface area contributed by atoms with Gasteiger partial charge in [0.2, 0.25) is 0 Å². The van der Waals surface area contributed by atoms with E-state index in [9.17, 15) is 8.60 Å². The number of nitrogens with one attached hydrogen (secondary N) is 1. The normalized spacial score (nSPS) is 26.4. The number of nitrogens with zero attached hydrogens (tertiary/aromatic N) is 5. The molecule has 0 bridgehead atoms. The summed E-state index contributed by atoms with van der Waals surface area (Å²) in [7, 11) is 5.52. The molecular weight excluding hydrogens is 600 g/mol. The first-order valence-corrected chi connectivity index (χ1v) is 20.2. The lowest BCUT2D eigenvalue weighted by atomic mass is 10.1. The fourth-order valence-electron chi connectivity index (χ4n) is 6.42. The molecule has 46 heavy (non-hydrogen) atoms. The zero-order valence-corrected chi connectivity index (χ0v) is 32.5. The molecule has 3 heterocycles. The number of rotatable bonds is 7. The van der Waals surface area contributed by atoms with Crippen molar-refractivity contribution in [1.82, 2.24) is 29.2 Å². The number of hydrogen-bond donors (Lipinski definition) is 1. The Morgan fingerprint density at radius 1 is 0.761 bits per heavy atom. The highest BCUT2D eigenvalue weighted by atomic mass is 32.2. The quantitative estimate of drug-likeness (QED) is 0.396. The Kier molecular flexibility index (Phi) is 19.3. The Balaban J connectivity index is 0.000000216. The van der Waals surface area contributed by atoms with Crippen molar-refractivity contribution in [3.8, 4) is 0 Å². The topological polar surface area (TPSA) is 54.5 Å². The van der Waals surface area contributed by atoms with Crippen molar-refractivity contribution < 1.29 is 13.3 Å². The minimum Gasteiger partial charge on any atom is -0.383 e. The number of halogens is 1. The van der Waals surface area contributed by atoms with Gasteiger partial charge in [-0.25, -0.2) is 12.9 Å². The Bertz CT molecular complexity index is 833. The molecule has 4 saturated carbocycles. The van der Waals surface area contributed by atoms with Crippen LogP contribution in [0.25, 0.3) is 0 Å². The van der Waals surface area contributed by atoms with Crippen molar-refractivity contribution in [2.24, 2.45) is 0 Å². The molecule has 7 aliphatic rings. The lowest BCUT2D eigenvalue weighted by Gasteiger charge is -2.39. The van der Waals surface area contributed by atoms with Crippen molar-refractivity contribution in [3.05, 3.63) is 0 Å². The van der Waals surface area contributed by atoms with Crippen molar-refractivity contribution in [3.63, 3.8) is 0 Å². The molecule has 274 valence electrons. The highest BCUT2D eigenvalue weighted by molar-refractivity contribution is 7.83. The Morgan fingerprint density at radius 2 is 1.28 bits per heavy atom. The monoisotopic (exact) mass is 675 g/mol. The maximum Gasteiger partial charge on any atom is 0.102 e. The third-order valence-corrected chi connectivity index (χ3v) is 11.9. The summed E-state index contributed by atoms with van der Waals surface area (Å²) < 4.78 is 31.4. The summed E-state index contributed by atoms with van der Waals surface area (Å²) in [5.74, 6) is 0. The summed E-state index contributed by atoms with van der Waals surface area (Å²) in [4.78, 5) is 9.68. The number of likely N-dealkylation sites (N-methyl/N-ethyl adjacent to an activating group) is 2. The summed E-state index contributed by atoms with van der Waals surface area (Å²) in [5.41, 5.74) is 1.39. The molecule has 7 rings (SSSR count). The summed E-state index contributed by atoms with van der Waals surface area (Å²) >= 11 is 0. The van der Waals surface area contributed by atoms with Gasteiger partial charge in [-0.1, -0.05) is 54.4 Å². The van der Waals surface area contributed by atoms with Gasteiger partial charge in [-0.3, -0.25) is 19.6 Å². The molecule has 7 fully saturated rings. The highest BCUT2D eigenvalue weighted by Crippen LogP contribution is 2.45. The summed E-state index contributed by atoms with van der Waals surface area (Å²) in [5, 5.41) is 4.10. The minimum absolute atomic E-state index is 0.195. The van der Waals surface area contributed by atoms with Gasteiger partial charge < -0.3 is 10.1 Å². The molecule has 0 aromatic rings. The number of piperazine rings is 3. The van der Waals surface area contributed by atoms with Crippen molar-refractivity contribution in [2.45, 2.75) is 128 Å². The van der Waals surface area contributed by atoms with E-state index in [1.54, 1.807) is 7.11 Å². The first-order valence-electron chi connectivity index (χ1n) is 19.0. The van der Waals surface area contributed by atoms with Crippen LogP contribution < -0.4 is 5.32 Å². The van der Waals surface area contributed by atoms with Crippen LogP contribution in [0.5, 0.6) is 0 Å². The molecule has 1 unspecified atom stereocenters. The van der Waals surface area contributed by atoms with Crippen LogP contribution in [0.1, 0.15) is 106 Å². The molecule has 10 heteroatoms. The molecular formula is C36H75FN6O2S. The number of methoxy groups -OCH3 is 1. The summed E-state index contributed by atoms with van der Waals surface area (Å²) in [6, 6.07) is 0. The van der Waals surface area contributed by atoms with Gasteiger partial charge in [-0.2, -0.15) is 0 Å². The maximum absolute atomic E-state index is 12.1. The second-order valence-corrected chi connectivity index (χ2v) is 16.2. The average Bonchev–Trinajstić information content (AvgIpc) is 3.85. The van der Waals surface area contributed by atoms with E-state index >= 15 is 0 Å². The third-order valence-electron chi connectivity index (χ3n) is 10.1. The molecule has 1 atom stereocenters. The average molecular weight is 675 g/mol. The van der Waals surface area contributed by atoms with E-state index in [0.29, 0.717) is 28.4 Å². The smallest absolute Gasteiger partial charge is 0.102 e. The van der Waals surface area contributed by atoms with Gasteiger partial charge >= 0.3 is 0 Å². The zero-order valence-electron chi connectivity index (χ0n) is 31.7. The van der Waals surface area contributed by atoms with E-state index in [1.165, 1.54) is 77.3 Å². The molecule has 3 spiro atoms. The van der Waals surface area contributed by atoms with Gasteiger partial charge in [0.25, 0.3) is 0 Å². The molecule has 8 nitrogen and oxygen atoms in total. The van der Waals surface area contributed by atoms with E-state index in [-0.39, 0.29) is 6.67 Å². The van der Waals surface area contributed by atoms with Crippen molar-refractivity contribution >= 4 is 11.0 Å². The van der Waals surface area contributed by atoms with E-state index in [4.69, 9.17) is 4.74 Å². The maximum atomic E-state index is 12.1. The first-order chi connectivity index (χ1) is 22.2. The molecule has 0 amide bonds. The molecule has 4 aliphatic carbocycles. The Morgan fingerprint density at radius 3 is 1.76 bits per heavy atom. The Labute approximate surface area is 287 Å². The fraction of sp³-hybridized carbons (Fsp3) is 1.00. The van der Waals surface area contributed by atoms with Crippen LogP contribution >= 0.6 is 0 Å². The molecule has 3 aliphatic heterocycles. The van der Waals surface area contributed by atoms with Crippen LogP contribution in [-0.4, -0.2) is 156 Å². The molecule has 3 saturated heterocycles. The second-order valence-electron chi connectivity index (χ2n) is 14.5. The largest absolute Gasteiger partial charge is 0.383 e. The van der Waals surface area contributed by atoms with E-state index < -0.39 is 11.0 Å². The standard InChI is InChI=1S/C10H18N2OS.C9H17FN2.C9H18N2O.2C3H8.C2H6/c1-11-6-7-12(8-10(11)4-5-10)14(13)9-2-3-9;1-11-6-7-12(5-4-10)8-9(11)2-3-9;1-12-7-6-11-5-4-10-9(8-11)2-3-9;2*1-3-2;1-2/h9H,2-8H2,1H3;2-8H2,1H3;10H,2-8H2,1H3;2*3H2,1-2H3;1-2H3. The van der Waals surface area contributed by atoms with Gasteiger partial charge in [0.05, 0.1) is 17.6 Å². The van der Waals surface area contributed by atoms with Crippen LogP contribution in [0.2, 0.25) is 0 Å². The zero-order chi connectivity index (χ0) is 34.2. The number of hydrogen-bond acceptors (Lipinski definition) is 7. The van der Waals surface area contributed by atoms with Crippen LogP contribution in [0.15, 0.2) is 0 Å². The summed E-state index contributed by atoms with van der Waals surface area (Å²) in [6.45, 7) is 24.9. The predicted octanol–water partition coefficient (Wildman–Crippen LogP) is 5.26. The molecule has 0 aromatic carbocycles. The first kappa shape index (κ1) is 42.0. The van der Waals surface area contributed by atoms with Gasteiger partial charge in [-0.05, 0) is 65.5 Å². The van der Waals surface area contributed by atoms with Gasteiger partial charge in [0, 0.05) is 101 Å². The van der Waals surface area contributed by atoms with Gasteiger partial charge in [-0.15, -0.1) is 0 Å². The van der Waals surface area contributed by atoms with Crippen molar-refractivity contribution in [2.75, 3.05) is 106 Å². The second kappa shape index (κ2) is 21.1. The molecule has 0 aromatic heterocycles. The highest BCUT2D eigenvalue weighted by Gasteiger charge is 2.51. The van der Waals surface area contributed by atoms with Gasteiger partial charge in [0.1, 0.15) is 6.67 Å². The lowest BCUT2D eigenvalue weighted by molar-refractivity contribution is 0.0765. The van der Waals surface area contributed by atoms with E-state index in [0.717, 1.165) is 59.0 Å². The SMILES string of the molecule is CC.CCC.CCC.CN1CCN(CCF)CC12CC2.CN1CCN(S(=O)C2CC2)CC12CC2.COCCN1CCNC2(CC2)C1. The molecule has 0 radical (unpaired) electrons. The van der Waals surface area contributed by atoms with Crippen LogP contribution in [0.4, 0.5) is 4.39 Å². The Hall–Kier alpha value is -0.200. The lowest BCUT2D eigenvalue weighted by Crippen LogP contribution is -2.53. The number of alkyl halides is 1. The molecule has 1 N–H and O–H groups in total. The minimum atomic E-state index is -0.662. The van der Waals surface area contributed by atoms with Crippen molar-refractivity contribution in [1.29, 1.82) is 0 Å². The van der Waals surface area contributed by atoms with Crippen LogP contribution in [-0.2, 0) is 15.7 Å². The predicted molar refractivity (Wildman–Crippen MR) is 196 cm³/mol. The summed E-state index contributed by atoms with van der Waals surface area (Å²) in [6.07, 6.45) is 12.9. The third kappa shape index (κ3) is 13.6. The number of ether oxygens (including phenoxy) is 1. The van der Waals surface area contributed by atoms with Crippen LogP contribution in [0.3, 0.4) is 0 Å². The van der Waals surface area contributed by atoms with E-state index in [1.807, 2.05) is 13.8 Å². The van der Waals surface area contributed by atoms with Gasteiger partial charge in [0.15, 0.2) is 0 Å².